The molecule has 109 heavy (non-hydrogen) atoms. The van der Waals surface area contributed by atoms with E-state index in [4.69, 9.17) is 20.2 Å². The minimum Gasteiger partial charge on any atom is -0.478 e. The molecule has 0 radical (unpaired) electrons. The molecule has 0 saturated carbocycles. The molecule has 43 heteroatoms. The molecule has 12 heterocycles. The number of amides is 8. The third kappa shape index (κ3) is 16.2. The van der Waals surface area contributed by atoms with E-state index in [1.165, 1.54) is 70.2 Å². The summed E-state index contributed by atoms with van der Waals surface area (Å²) in [5.41, 5.74) is -1.75. The van der Waals surface area contributed by atoms with Crippen molar-refractivity contribution in [3.8, 4) is 0 Å². The lowest BCUT2D eigenvalue weighted by atomic mass is 10.0. The summed E-state index contributed by atoms with van der Waals surface area (Å²) in [4.78, 5) is 197. The van der Waals surface area contributed by atoms with Crippen molar-refractivity contribution in [2.75, 3.05) is 33.6 Å². The molecule has 6 aliphatic heterocycles. The van der Waals surface area contributed by atoms with Gasteiger partial charge in [-0.2, -0.15) is 0 Å². The number of oxime groups is 3. The van der Waals surface area contributed by atoms with Crippen LogP contribution in [-0.4, -0.2) is 207 Å². The van der Waals surface area contributed by atoms with Gasteiger partial charge in [-0.25, -0.2) is 47.8 Å². The Morgan fingerprint density at radius 2 is 0.761 bits per heavy atom. The highest BCUT2D eigenvalue weighted by Gasteiger charge is 2.58. The average Bonchev–Trinajstić information content (AvgIpc) is 1.00. The number of fused-ring (bicyclic) bond motifs is 3. The first-order valence-electron chi connectivity index (χ1n) is 32.5. The van der Waals surface area contributed by atoms with Gasteiger partial charge in [-0.1, -0.05) is 33.7 Å². The maximum absolute atomic E-state index is 14.9. The number of anilines is 3. The van der Waals surface area contributed by atoms with Crippen molar-refractivity contribution in [1.29, 1.82) is 0 Å². The van der Waals surface area contributed by atoms with Crippen LogP contribution in [0.2, 0.25) is 0 Å². The lowest BCUT2D eigenvalue weighted by Gasteiger charge is -2.49. The molecular formula is C66H65N18O19S6+3. The highest BCUT2D eigenvalue weighted by atomic mass is 32.2. The number of thiazole rings is 3. The summed E-state index contributed by atoms with van der Waals surface area (Å²) in [6, 6.07) is 11.9. The van der Waals surface area contributed by atoms with Gasteiger partial charge >= 0.3 is 23.9 Å². The van der Waals surface area contributed by atoms with E-state index in [2.05, 4.69) is 57.0 Å². The van der Waals surface area contributed by atoms with Crippen LogP contribution in [0.3, 0.4) is 0 Å². The Hall–Kier alpha value is -11.5. The lowest BCUT2D eigenvalue weighted by Crippen LogP contribution is -2.71. The maximum Gasteiger partial charge on any atom is 0.352 e. The van der Waals surface area contributed by atoms with Gasteiger partial charge in [-0.3, -0.25) is 63.7 Å². The Labute approximate surface area is 641 Å². The zero-order valence-electron chi connectivity index (χ0n) is 57.9. The standard InChI is InChI=1S/C66H62N18O19S6/c1-64(2,58(95)96)101-76-37(34-28-107-61(67)68-34)46(85)71-40-51(90)82-43(31(25-104-54(40)82)22-79-16-10-7-11-17-79)49(88)74-62-69-35(29-108-62)38(77-102-65(3,4)59(97)98)47(86)72-41-52(91)83-44(32(26-105-55(41)83)23-80-18-12-8-13-19-80)50(89)75-63-70-36(30-109-63)39(78-103-66(5,6)60(99)100)48(87)73-42-53(92)84-45(57(93)94)33(27-106-56(42)84)24-81-20-14-9-15-21-81/h7-21,28-30,40-42,54-56H,22-27H2,1-6H3,(H8-3,67,68,69,70,71,72,73,74,75,85,86,87,88,89,93,94,95,96,97,98,99,100)/p+3/b76-37-,77-38-,78-39-/t40-,41-,42-,54-,55-,56-/m1/s1. The van der Waals surface area contributed by atoms with Gasteiger partial charge < -0.3 is 56.6 Å². The van der Waals surface area contributed by atoms with E-state index in [-0.39, 0.29) is 86.5 Å². The molecule has 3 fully saturated rings. The Morgan fingerprint density at radius 3 is 1.06 bits per heavy atom. The number of rotatable bonds is 29. The van der Waals surface area contributed by atoms with Gasteiger partial charge in [-0.15, -0.1) is 69.3 Å². The molecular weight excluding hydrogens is 1540 g/mol. The van der Waals surface area contributed by atoms with Crippen LogP contribution >= 0.6 is 69.3 Å². The minimum absolute atomic E-state index is 0.0441. The number of β-lactam (4-membered cyclic amide) rings is 3. The number of carbonyl (C=O) groups is 12. The SMILES string of the molecule is CC(C)(O/N=C(\C(=O)N[C@@H]1C(=O)N2C(C(=O)O)=C(C[n+]3ccccc3)CS[C@H]12)c1csc(NC(=O)C2=C(C[n+]3ccccc3)CS[C@@H]3[C@H](NC(=O)/C(=N\OC(C)(C)C(=O)O)c4csc(NC(=O)C5=C(C[n+]6ccccc6)CS[C@@H]6[C@H](NC(=O)/C(=N\OC(C)(C)C(=O)O)c7csc(N)n7)C(=O)N56)n4)C(=O)N23)n1)C(=O)O. The molecule has 6 aromatic rings. The quantitative estimate of drug-likeness (QED) is 0.0134. The van der Waals surface area contributed by atoms with Gasteiger partial charge in [0.25, 0.3) is 47.3 Å². The third-order valence-electron chi connectivity index (χ3n) is 17.1. The first kappa shape index (κ1) is 77.1. The van der Waals surface area contributed by atoms with Crippen LogP contribution in [0.4, 0.5) is 15.4 Å². The number of carbonyl (C=O) groups excluding carboxylic acids is 8. The van der Waals surface area contributed by atoms with Crippen molar-refractivity contribution in [3.63, 3.8) is 0 Å². The smallest absolute Gasteiger partial charge is 0.352 e. The Bertz CT molecular complexity index is 4960. The van der Waals surface area contributed by atoms with Crippen LogP contribution in [0.1, 0.15) is 58.6 Å². The first-order valence-corrected chi connectivity index (χ1v) is 38.3. The van der Waals surface area contributed by atoms with Gasteiger partial charge in [0.15, 0.2) is 89.3 Å². The third-order valence-corrected chi connectivity index (χ3v) is 23.3. The first-order chi connectivity index (χ1) is 51.8. The Kier molecular flexibility index (Phi) is 22.2. The van der Waals surface area contributed by atoms with E-state index in [0.717, 1.165) is 71.5 Å². The van der Waals surface area contributed by atoms with E-state index in [1.807, 2.05) is 0 Å². The highest BCUT2D eigenvalue weighted by molar-refractivity contribution is 8.00. The van der Waals surface area contributed by atoms with Crippen molar-refractivity contribution in [1.82, 2.24) is 45.6 Å². The second-order valence-electron chi connectivity index (χ2n) is 26.0. The van der Waals surface area contributed by atoms with Crippen molar-refractivity contribution in [2.45, 2.75) is 112 Å². The number of nitrogens with two attached hydrogens (primary N) is 1. The summed E-state index contributed by atoms with van der Waals surface area (Å²) in [6.07, 6.45) is 10.4. The normalized spacial score (nSPS) is 20.1. The molecule has 37 nitrogen and oxygen atoms in total. The fraction of sp³-hybridized carbons (Fsp3) is 0.318. The molecule has 3 saturated heterocycles. The van der Waals surface area contributed by atoms with Gasteiger partial charge in [-0.05, 0) is 41.5 Å². The number of hydrogen-bond donors (Lipinski definition) is 10. The summed E-state index contributed by atoms with van der Waals surface area (Å²) in [7, 11) is 0. The fourth-order valence-corrected chi connectivity index (χ4v) is 17.1. The molecule has 0 bridgehead atoms. The van der Waals surface area contributed by atoms with Gasteiger partial charge in [0.05, 0.1) is 0 Å². The van der Waals surface area contributed by atoms with Crippen molar-refractivity contribution < 1.29 is 106 Å². The van der Waals surface area contributed by atoms with Gasteiger partial charge in [0, 0.05) is 86.5 Å². The Balaban J connectivity index is 0.769. The van der Waals surface area contributed by atoms with Crippen molar-refractivity contribution in [2.24, 2.45) is 15.5 Å². The molecule has 0 unspecified atom stereocenters. The summed E-state index contributed by atoms with van der Waals surface area (Å²) < 4.78 is 5.26. The molecule has 12 rings (SSSR count). The number of nitrogen functional groups attached to an aromatic ring is 1. The predicted octanol–water partition coefficient (Wildman–Crippen LogP) is 0.677. The fourth-order valence-electron chi connectivity index (χ4n) is 11.2. The van der Waals surface area contributed by atoms with Gasteiger partial charge in [0.2, 0.25) is 16.8 Å². The van der Waals surface area contributed by atoms with Crippen LogP contribution in [0.15, 0.2) is 157 Å². The number of aliphatic carboxylic acids is 4. The number of carboxylic acid groups (broad SMARTS) is 4. The molecule has 6 aromatic heterocycles. The van der Waals surface area contributed by atoms with Crippen LogP contribution in [0.25, 0.3) is 0 Å². The molecule has 0 aliphatic carbocycles. The van der Waals surface area contributed by atoms with Crippen molar-refractivity contribution in [3.05, 3.63) is 159 Å². The molecule has 0 spiro atoms. The monoisotopic (exact) mass is 1610 g/mol. The van der Waals surface area contributed by atoms with E-state index in [9.17, 15) is 78.0 Å². The summed E-state index contributed by atoms with van der Waals surface area (Å²) in [5.74, 6) is -12.5. The van der Waals surface area contributed by atoms with E-state index in [1.54, 1.807) is 105 Å². The predicted molar refractivity (Wildman–Crippen MR) is 390 cm³/mol. The molecule has 0 aromatic carbocycles. The van der Waals surface area contributed by atoms with Crippen LogP contribution in [-0.2, 0) is 91.7 Å². The van der Waals surface area contributed by atoms with E-state index >= 15 is 0 Å². The van der Waals surface area contributed by atoms with Gasteiger partial charge in [0.1, 0.15) is 68.4 Å². The molecule has 566 valence electrons. The molecule has 6 aliphatic rings. The second-order valence-corrected chi connectivity index (χ2v) is 31.9. The van der Waals surface area contributed by atoms with Crippen LogP contribution in [0.5, 0.6) is 0 Å². The lowest BCUT2D eigenvalue weighted by molar-refractivity contribution is -0.689. The van der Waals surface area contributed by atoms with Crippen molar-refractivity contribution >= 4 is 173 Å². The van der Waals surface area contributed by atoms with E-state index < -0.39 is 139 Å². The zero-order valence-corrected chi connectivity index (χ0v) is 62.8. The molecule has 8 amide bonds. The largest absolute Gasteiger partial charge is 0.478 e. The maximum atomic E-state index is 14.9. The summed E-state index contributed by atoms with van der Waals surface area (Å²) >= 11 is 6.14. The summed E-state index contributed by atoms with van der Waals surface area (Å²) in [5, 5.41) is 65.7. The number of pyridine rings is 3. The second kappa shape index (κ2) is 31.3. The highest BCUT2D eigenvalue weighted by Crippen LogP contribution is 2.44. The number of aromatic nitrogens is 6. The number of nitrogens with zero attached hydrogens (tertiary/aromatic N) is 12. The summed E-state index contributed by atoms with van der Waals surface area (Å²) in [6.45, 7) is 7.35. The number of hydrogen-bond acceptors (Lipinski definition) is 28. The Morgan fingerprint density at radius 1 is 0.468 bits per heavy atom. The van der Waals surface area contributed by atoms with Crippen LogP contribution in [0, 0.1) is 0 Å². The van der Waals surface area contributed by atoms with Crippen LogP contribution < -0.4 is 46.0 Å². The minimum atomic E-state index is -2.07. The van der Waals surface area contributed by atoms with E-state index in [0.29, 0.717) is 16.7 Å². The topological polar surface area (TPSA) is 497 Å². The molecule has 11 N–H and O–H groups in total. The number of carboxylic acids is 4. The number of nitrogens with one attached hydrogen (secondary N) is 5. The zero-order chi connectivity index (χ0) is 78.1. The molecule has 6 atom stereocenters. The number of thioether (sulfide) groups is 3. The average molecular weight is 1610 g/mol.